The van der Waals surface area contributed by atoms with Crippen molar-refractivity contribution in [3.8, 4) is 0 Å². The molecule has 548 valence electrons. The van der Waals surface area contributed by atoms with Crippen molar-refractivity contribution in [2.75, 3.05) is 65.0 Å². The lowest BCUT2D eigenvalue weighted by molar-refractivity contribution is -0.144. The zero-order chi connectivity index (χ0) is 71.9. The molecule has 10 atom stereocenters. The van der Waals surface area contributed by atoms with E-state index in [0.29, 0.717) is 55.3 Å². The largest absolute Gasteiger partial charge is 0.377 e. The molecule has 3 saturated heterocycles. The fourth-order valence-electron chi connectivity index (χ4n) is 12.7. The molecule has 15 N–H and O–H groups in total. The number of H-pyrrole nitrogens is 1. The summed E-state index contributed by atoms with van der Waals surface area (Å²) in [4.78, 5) is 148. The van der Waals surface area contributed by atoms with E-state index in [4.69, 9.17) is 31.4 Å². The fourth-order valence-corrected chi connectivity index (χ4v) is 14.3. The van der Waals surface area contributed by atoms with Crippen LogP contribution in [-0.4, -0.2) is 209 Å². The second kappa shape index (κ2) is 41.2. The number of aromatic nitrogens is 4. The maximum Gasteiger partial charge on any atom is 0.315 e. The quantitative estimate of drug-likeness (QED) is 0.0166. The number of aromatic amines is 1. The Bertz CT molecular complexity index is 3370. The summed E-state index contributed by atoms with van der Waals surface area (Å²) in [6.45, 7) is 9.08. The van der Waals surface area contributed by atoms with Gasteiger partial charge in [-0.2, -0.15) is 11.8 Å². The summed E-state index contributed by atoms with van der Waals surface area (Å²) in [5.41, 5.74) is 19.7. The van der Waals surface area contributed by atoms with Crippen molar-refractivity contribution >= 4 is 87.7 Å². The minimum atomic E-state index is -1.28. The first-order valence-corrected chi connectivity index (χ1v) is 36.2. The minimum Gasteiger partial charge on any atom is -0.377 e. The molecule has 8 rings (SSSR count). The van der Waals surface area contributed by atoms with Crippen LogP contribution < -0.4 is 59.7 Å². The zero-order valence-electron chi connectivity index (χ0n) is 58.0. The van der Waals surface area contributed by atoms with E-state index in [0.717, 1.165) is 41.5 Å². The van der Waals surface area contributed by atoms with Crippen molar-refractivity contribution in [1.29, 1.82) is 0 Å². The molecule has 4 aliphatic heterocycles. The van der Waals surface area contributed by atoms with Crippen LogP contribution in [0.25, 0.3) is 10.9 Å². The number of nitrogens with one attached hydrogen (secondary N) is 9. The van der Waals surface area contributed by atoms with Crippen LogP contribution in [0.3, 0.4) is 0 Å². The lowest BCUT2D eigenvalue weighted by Crippen LogP contribution is -2.59. The normalized spacial score (nSPS) is 23.5. The molecule has 31 heteroatoms. The Hall–Kier alpha value is -8.68. The van der Waals surface area contributed by atoms with Crippen LogP contribution in [0.4, 0.5) is 4.79 Å². The summed E-state index contributed by atoms with van der Waals surface area (Å²) >= 11 is 1.85. The lowest BCUT2D eigenvalue weighted by atomic mass is 9.89. The molecule has 2 aromatic carbocycles. The fraction of sp³-hybridized carbons (Fsp3) is 0.609. The van der Waals surface area contributed by atoms with Crippen LogP contribution >= 0.6 is 11.8 Å². The number of Topliss-reactive ketones (excluding diaryl/α,β-unsaturated/α-hetero) is 1. The number of hydrogen-bond acceptors (Lipinski definition) is 17. The van der Waals surface area contributed by atoms with E-state index >= 15 is 9.59 Å². The number of urea groups is 1. The summed E-state index contributed by atoms with van der Waals surface area (Å²) < 4.78 is 18.5. The number of nitrogens with two attached hydrogens (primary N) is 3. The molecule has 0 radical (unpaired) electrons. The second-order valence-corrected chi connectivity index (χ2v) is 27.1. The van der Waals surface area contributed by atoms with Gasteiger partial charge < -0.3 is 83.8 Å². The third kappa shape index (κ3) is 25.2. The molecular weight excluding hydrogens is 1310 g/mol. The van der Waals surface area contributed by atoms with Gasteiger partial charge in [0.25, 0.3) is 0 Å². The van der Waals surface area contributed by atoms with Crippen molar-refractivity contribution in [3.05, 3.63) is 83.8 Å². The van der Waals surface area contributed by atoms with Crippen molar-refractivity contribution < 1.29 is 62.2 Å². The Morgan fingerprint density at radius 2 is 1.43 bits per heavy atom. The number of primary amides is 1. The molecule has 100 heavy (non-hydrogen) atoms. The van der Waals surface area contributed by atoms with Gasteiger partial charge in [-0.25, -0.2) is 4.79 Å². The van der Waals surface area contributed by atoms with Crippen LogP contribution in [0.5, 0.6) is 0 Å². The van der Waals surface area contributed by atoms with Crippen molar-refractivity contribution in [1.82, 2.24) is 67.4 Å². The van der Waals surface area contributed by atoms with Gasteiger partial charge in [-0.3, -0.25) is 52.8 Å². The lowest BCUT2D eigenvalue weighted by Gasteiger charge is -2.31. The highest BCUT2D eigenvalue weighted by Crippen LogP contribution is 2.33. The number of unbranched alkanes of at least 4 members (excludes halogenated alkanes) is 1. The standard InChI is InChI=1S/C67H97N17O13S.C2H6/c1-41(2)32-51-62(90)76-49(19-12-23-72-66(69)70)61(89)77-52(33-42-14-4-3-5-15-42)63(91)75-48(60(68)88)18-10-11-25-83-38-45(81-82-83)36-50(55(85)35-43(34-44-37-73-47-17-7-6-16-46(44)47)65(93)84-26-13-20-54(84)64(92)78-51)74-58(87)39-97-31-30-96-29-28-95-27-24-71-57(86)22-9-8-21-56-59-53(40-98-56)79-67(94)80-59;1-2/h3-7,14-17,37-38,41,43,48-54,56,59,73H,8-13,18-36,39-40H2,1-2H3,(H2,68,88)(H,71,86)(H,74,87)(H,75,91)(H,76,90)(H,77,89)(H,78,92)(H4,69,70,72)(H2,79,80,94);1-2H3/t43-,48-,49+,50-,51+,52+,53+,54+,56+,59+;/m0./s1. The molecule has 0 aliphatic carbocycles. The maximum atomic E-state index is 15.3. The Kier molecular flexibility index (Phi) is 32.4. The molecule has 2 aromatic heterocycles. The summed E-state index contributed by atoms with van der Waals surface area (Å²) in [5.74, 6) is -5.75. The topological polar surface area (TPSA) is 435 Å². The molecule has 4 aliphatic rings. The molecule has 2 bridgehead atoms. The smallest absolute Gasteiger partial charge is 0.315 e. The highest BCUT2D eigenvalue weighted by molar-refractivity contribution is 8.00. The van der Waals surface area contributed by atoms with Gasteiger partial charge in [0.2, 0.25) is 47.3 Å². The number of hydrogen-bond donors (Lipinski definition) is 12. The summed E-state index contributed by atoms with van der Waals surface area (Å²) in [7, 11) is 0. The number of carbonyl (C=O) groups is 10. The number of aliphatic imine (C=N–C) groups is 1. The van der Waals surface area contributed by atoms with Crippen molar-refractivity contribution in [2.45, 2.75) is 191 Å². The molecule has 0 spiro atoms. The van der Waals surface area contributed by atoms with E-state index in [1.807, 2.05) is 63.7 Å². The third-order valence-electron chi connectivity index (χ3n) is 17.8. The number of fused-ring (bicyclic) bond motifs is 5. The van der Waals surface area contributed by atoms with Gasteiger partial charge in [-0.15, -0.1) is 5.10 Å². The number of guanidine groups is 1. The predicted octanol–water partition coefficient (Wildman–Crippen LogP) is 1.46. The van der Waals surface area contributed by atoms with Gasteiger partial charge in [-0.05, 0) is 93.7 Å². The number of thioether (sulfide) groups is 1. The van der Waals surface area contributed by atoms with Gasteiger partial charge >= 0.3 is 6.03 Å². The molecule has 4 aromatic rings. The van der Waals surface area contributed by atoms with Crippen LogP contribution in [0, 0.1) is 11.8 Å². The van der Waals surface area contributed by atoms with Crippen LogP contribution in [0.15, 0.2) is 72.0 Å². The van der Waals surface area contributed by atoms with E-state index in [9.17, 15) is 38.4 Å². The van der Waals surface area contributed by atoms with Crippen molar-refractivity contribution in [3.63, 3.8) is 0 Å². The van der Waals surface area contributed by atoms with Gasteiger partial charge in [0, 0.05) is 92.1 Å². The molecule has 3 fully saturated rings. The number of para-hydroxylation sites is 1. The number of rotatable bonds is 28. The predicted molar refractivity (Wildman–Crippen MR) is 377 cm³/mol. The van der Waals surface area contributed by atoms with Crippen LogP contribution in [0.1, 0.15) is 128 Å². The first-order valence-electron chi connectivity index (χ1n) is 35.1. The van der Waals surface area contributed by atoms with Crippen LogP contribution in [0.2, 0.25) is 0 Å². The van der Waals surface area contributed by atoms with E-state index < -0.39 is 95.9 Å². The Labute approximate surface area is 588 Å². The molecule has 10 amide bonds. The Morgan fingerprint density at radius 3 is 2.19 bits per heavy atom. The number of carbonyl (C=O) groups excluding carboxylic acids is 10. The number of amides is 10. The summed E-state index contributed by atoms with van der Waals surface area (Å²) in [6.07, 6.45) is 7.84. The zero-order valence-corrected chi connectivity index (χ0v) is 58.8. The number of aryl methyl sites for hydroxylation is 1. The number of benzene rings is 2. The molecule has 0 unspecified atom stereocenters. The Balaban J connectivity index is 0.00000696. The monoisotopic (exact) mass is 1410 g/mol. The minimum absolute atomic E-state index is 0.000581. The molecule has 30 nitrogen and oxygen atoms in total. The first kappa shape index (κ1) is 78.7. The number of ether oxygens (including phenoxy) is 3. The number of nitrogens with zero attached hydrogens (tertiary/aromatic N) is 5. The third-order valence-corrected chi connectivity index (χ3v) is 19.3. The van der Waals surface area contributed by atoms with Gasteiger partial charge in [-0.1, -0.05) is 87.9 Å². The van der Waals surface area contributed by atoms with E-state index in [1.165, 1.54) is 4.90 Å². The molecular formula is C69H103N17O13S. The van der Waals surface area contributed by atoms with Gasteiger partial charge in [0.05, 0.1) is 56.9 Å². The summed E-state index contributed by atoms with van der Waals surface area (Å²) in [6, 6.07) is 9.42. The van der Waals surface area contributed by atoms with E-state index in [2.05, 4.69) is 62.8 Å². The average molecular weight is 1410 g/mol. The Morgan fingerprint density at radius 1 is 0.720 bits per heavy atom. The van der Waals surface area contributed by atoms with E-state index in [1.54, 1.807) is 47.4 Å². The summed E-state index contributed by atoms with van der Waals surface area (Å²) in [5, 5.41) is 32.8. The first-order chi connectivity index (χ1) is 48.3. The average Bonchev–Trinajstić information content (AvgIpc) is 1.63. The maximum absolute atomic E-state index is 15.3. The van der Waals surface area contributed by atoms with E-state index in [-0.39, 0.29) is 140 Å². The second-order valence-electron chi connectivity index (χ2n) is 25.8. The molecule has 6 heterocycles. The highest BCUT2D eigenvalue weighted by Gasteiger charge is 2.44. The van der Waals surface area contributed by atoms with Gasteiger partial charge in [0.1, 0.15) is 36.8 Å². The number of ketones is 1. The van der Waals surface area contributed by atoms with Crippen LogP contribution in [-0.2, 0) is 83.2 Å². The highest BCUT2D eigenvalue weighted by atomic mass is 32.2. The van der Waals surface area contributed by atoms with Crippen molar-refractivity contribution in [2.24, 2.45) is 34.0 Å². The van der Waals surface area contributed by atoms with Gasteiger partial charge in [0.15, 0.2) is 11.7 Å². The SMILES string of the molecule is CC.CC(C)C[C@H]1NC(=O)[C@H]2CCCN2C(=O)[C@@H](Cc2c[nH]c3ccccc23)CC(=O)[C@@H](NC(=O)COCCOCCOCCNC(=O)CCCC[C@H]2SC[C@H]3NC(=O)N[C@H]32)Cc2cn(nn2)CCCC[C@@H](C(N)=O)NC(=O)[C@@H](Cc2ccccc2)NC(=O)[C@@H](CCCN=C(N)N)NC1=O. The molecule has 0 saturated carbocycles.